The molecular formula is C14H18I2O9. The van der Waals surface area contributed by atoms with Crippen molar-refractivity contribution in [2.45, 2.75) is 49.3 Å². The molecule has 5 atom stereocenters. The van der Waals surface area contributed by atoms with Gasteiger partial charge in [0.25, 0.3) is 0 Å². The fourth-order valence-electron chi connectivity index (χ4n) is 2.17. The molecular weight excluding hydrogens is 566 g/mol. The molecule has 0 amide bonds. The molecule has 11 heteroatoms. The molecule has 1 aliphatic rings. The van der Waals surface area contributed by atoms with Crippen molar-refractivity contribution in [2.24, 2.45) is 0 Å². The van der Waals surface area contributed by atoms with Crippen LogP contribution in [0.15, 0.2) is 0 Å². The summed E-state index contributed by atoms with van der Waals surface area (Å²) in [6, 6.07) is 0. The Morgan fingerprint density at radius 1 is 0.880 bits per heavy atom. The molecule has 0 unspecified atom stereocenters. The van der Waals surface area contributed by atoms with Crippen molar-refractivity contribution in [3.8, 4) is 0 Å². The maximum atomic E-state index is 11.7. The van der Waals surface area contributed by atoms with Gasteiger partial charge in [0.15, 0.2) is 18.3 Å². The third kappa shape index (κ3) is 7.21. The van der Waals surface area contributed by atoms with Crippen LogP contribution in [0.25, 0.3) is 0 Å². The fourth-order valence-corrected chi connectivity index (χ4v) is 3.28. The first kappa shape index (κ1) is 22.3. The lowest BCUT2D eigenvalue weighted by Gasteiger charge is -2.42. The van der Waals surface area contributed by atoms with E-state index >= 15 is 0 Å². The van der Waals surface area contributed by atoms with Crippen LogP contribution in [-0.2, 0) is 42.9 Å². The molecule has 1 rings (SSSR count). The lowest BCUT2D eigenvalue weighted by molar-refractivity contribution is -0.234. The highest BCUT2D eigenvalue weighted by Gasteiger charge is 2.51. The van der Waals surface area contributed by atoms with Gasteiger partial charge >= 0.3 is 23.9 Å². The molecule has 25 heavy (non-hydrogen) atoms. The smallest absolute Gasteiger partial charge is 0.316 e. The fraction of sp³-hybridized carbons (Fsp3) is 0.714. The summed E-state index contributed by atoms with van der Waals surface area (Å²) in [6.07, 6.45) is -4.05. The van der Waals surface area contributed by atoms with E-state index in [2.05, 4.69) is 0 Å². The Kier molecular flexibility index (Phi) is 9.34. The van der Waals surface area contributed by atoms with E-state index in [1.807, 2.05) is 45.2 Å². The van der Waals surface area contributed by atoms with E-state index in [4.69, 9.17) is 23.7 Å². The summed E-state index contributed by atoms with van der Waals surface area (Å²) in [5.41, 5.74) is 0. The molecule has 1 fully saturated rings. The number of alkyl halides is 2. The zero-order valence-corrected chi connectivity index (χ0v) is 18.0. The van der Waals surface area contributed by atoms with Crippen LogP contribution in [0.2, 0.25) is 0 Å². The van der Waals surface area contributed by atoms with Gasteiger partial charge in [-0.05, 0) is 22.6 Å². The lowest BCUT2D eigenvalue weighted by atomic mass is 9.99. The Labute approximate surface area is 171 Å². The molecule has 0 bridgehead atoms. The highest BCUT2D eigenvalue weighted by atomic mass is 127. The van der Waals surface area contributed by atoms with Gasteiger partial charge in [-0.15, -0.1) is 0 Å². The van der Waals surface area contributed by atoms with Crippen LogP contribution in [0.5, 0.6) is 0 Å². The van der Waals surface area contributed by atoms with E-state index in [1.165, 1.54) is 20.8 Å². The van der Waals surface area contributed by atoms with Crippen LogP contribution in [0.3, 0.4) is 0 Å². The van der Waals surface area contributed by atoms with Crippen molar-refractivity contribution >= 4 is 69.1 Å². The van der Waals surface area contributed by atoms with Crippen molar-refractivity contribution in [3.05, 3.63) is 0 Å². The number of rotatable bonds is 6. The van der Waals surface area contributed by atoms with E-state index < -0.39 is 52.4 Å². The minimum atomic E-state index is -1.10. The Bertz CT molecular complexity index is 524. The van der Waals surface area contributed by atoms with Crippen LogP contribution in [0.4, 0.5) is 0 Å². The van der Waals surface area contributed by atoms with E-state index in [0.717, 1.165) is 0 Å². The highest BCUT2D eigenvalue weighted by molar-refractivity contribution is 14.1. The monoisotopic (exact) mass is 584 g/mol. The molecule has 9 nitrogen and oxygen atoms in total. The topological polar surface area (TPSA) is 114 Å². The average Bonchev–Trinajstić information content (AvgIpc) is 2.50. The van der Waals surface area contributed by atoms with Gasteiger partial charge in [0.05, 0.1) is 4.43 Å². The third-order valence-electron chi connectivity index (χ3n) is 3.01. The Hall–Kier alpha value is -0.700. The SMILES string of the molecule is CC(=O)OC[C@H]1O[C@H](I)[C@H](OC(=O)CI)[C@@H](OC(C)=O)[C@H]1OC(C)=O. The van der Waals surface area contributed by atoms with Crippen LogP contribution in [0, 0.1) is 0 Å². The van der Waals surface area contributed by atoms with Gasteiger partial charge in [0, 0.05) is 20.8 Å². The molecule has 0 aromatic heterocycles. The minimum absolute atomic E-state index is 0.0829. The molecule has 0 aliphatic carbocycles. The molecule has 0 spiro atoms. The van der Waals surface area contributed by atoms with Crippen molar-refractivity contribution in [1.82, 2.24) is 0 Å². The summed E-state index contributed by atoms with van der Waals surface area (Å²) >= 11 is 3.70. The normalized spacial score (nSPS) is 28.6. The number of carbonyl (C=O) groups excluding carboxylic acids is 4. The third-order valence-corrected chi connectivity index (χ3v) is 4.63. The lowest BCUT2D eigenvalue weighted by Crippen LogP contribution is -2.61. The van der Waals surface area contributed by atoms with Gasteiger partial charge in [0.1, 0.15) is 16.8 Å². The molecule has 0 aromatic carbocycles. The van der Waals surface area contributed by atoms with E-state index in [0.29, 0.717) is 0 Å². The van der Waals surface area contributed by atoms with Crippen LogP contribution in [0.1, 0.15) is 20.8 Å². The second-order valence-electron chi connectivity index (χ2n) is 5.06. The maximum absolute atomic E-state index is 11.7. The summed E-state index contributed by atoms with van der Waals surface area (Å²) in [6.45, 7) is 3.37. The maximum Gasteiger partial charge on any atom is 0.316 e. The summed E-state index contributed by atoms with van der Waals surface area (Å²) in [5, 5.41) is 0. The van der Waals surface area contributed by atoms with Crippen LogP contribution >= 0.6 is 45.2 Å². The van der Waals surface area contributed by atoms with Crippen LogP contribution in [-0.4, -0.2) is 63.4 Å². The van der Waals surface area contributed by atoms with Crippen molar-refractivity contribution in [1.29, 1.82) is 0 Å². The zero-order chi connectivity index (χ0) is 19.1. The standard InChI is InChI=1S/C14H18I2O9/c1-6(17)21-5-9-11(22-7(2)18)12(23-8(3)19)13(14(16)24-9)25-10(20)4-15/h9,11-14H,4-5H2,1-3H3/t9-,11+,12+,13-,14+/m1/s1. The quantitative estimate of drug-likeness (QED) is 0.195. The van der Waals surface area contributed by atoms with Gasteiger partial charge in [-0.3, -0.25) is 19.2 Å². The number of carbonyl (C=O) groups is 4. The molecule has 1 aliphatic heterocycles. The molecule has 0 N–H and O–H groups in total. The molecule has 0 radical (unpaired) electrons. The first-order valence-corrected chi connectivity index (χ1v) is 9.95. The minimum Gasteiger partial charge on any atom is -0.463 e. The van der Waals surface area contributed by atoms with E-state index in [-0.39, 0.29) is 11.0 Å². The van der Waals surface area contributed by atoms with Gasteiger partial charge in [-0.2, -0.15) is 0 Å². The largest absolute Gasteiger partial charge is 0.463 e. The summed E-state index contributed by atoms with van der Waals surface area (Å²) in [5.74, 6) is -2.37. The summed E-state index contributed by atoms with van der Waals surface area (Å²) < 4.78 is 25.7. The van der Waals surface area contributed by atoms with Crippen molar-refractivity contribution < 1.29 is 42.9 Å². The Morgan fingerprint density at radius 3 is 1.92 bits per heavy atom. The summed E-state index contributed by atoms with van der Waals surface area (Å²) in [4.78, 5) is 45.7. The molecule has 1 heterocycles. The summed E-state index contributed by atoms with van der Waals surface area (Å²) in [7, 11) is 0. The predicted molar refractivity (Wildman–Crippen MR) is 99.2 cm³/mol. The van der Waals surface area contributed by atoms with Gasteiger partial charge in [0.2, 0.25) is 0 Å². The first-order chi connectivity index (χ1) is 11.6. The number of hydrogen-bond acceptors (Lipinski definition) is 9. The van der Waals surface area contributed by atoms with Gasteiger partial charge < -0.3 is 23.7 Å². The van der Waals surface area contributed by atoms with E-state index in [9.17, 15) is 19.2 Å². The molecule has 1 saturated heterocycles. The molecule has 0 saturated carbocycles. The molecule has 142 valence electrons. The first-order valence-electron chi connectivity index (χ1n) is 7.18. The number of hydrogen-bond donors (Lipinski definition) is 0. The Balaban J connectivity index is 3.12. The molecule has 0 aromatic rings. The highest BCUT2D eigenvalue weighted by Crippen LogP contribution is 2.32. The van der Waals surface area contributed by atoms with Crippen molar-refractivity contribution in [3.63, 3.8) is 0 Å². The number of ether oxygens (including phenoxy) is 5. The second kappa shape index (κ2) is 10.4. The van der Waals surface area contributed by atoms with E-state index in [1.54, 1.807) is 0 Å². The van der Waals surface area contributed by atoms with Crippen molar-refractivity contribution in [2.75, 3.05) is 11.0 Å². The second-order valence-corrected chi connectivity index (χ2v) is 7.05. The predicted octanol–water partition coefficient (Wildman–Crippen LogP) is 0.920. The van der Waals surface area contributed by atoms with Gasteiger partial charge in [-0.25, -0.2) is 0 Å². The van der Waals surface area contributed by atoms with Gasteiger partial charge in [-0.1, -0.05) is 22.6 Å². The zero-order valence-electron chi connectivity index (χ0n) is 13.7. The Morgan fingerprint density at radius 2 is 1.44 bits per heavy atom. The number of esters is 4. The van der Waals surface area contributed by atoms with Crippen LogP contribution < -0.4 is 0 Å². The average molecular weight is 584 g/mol. The number of halogens is 2.